The minimum Gasteiger partial charge on any atom is -0.391 e. The average molecular weight is 229 g/mol. The van der Waals surface area contributed by atoms with Gasteiger partial charge < -0.3 is 15.2 Å². The van der Waals surface area contributed by atoms with Crippen molar-refractivity contribution >= 4 is 5.82 Å². The number of hydrogen-bond acceptors (Lipinski definition) is 5. The molecule has 0 saturated heterocycles. The number of hydrogen-bond donors (Lipinski definition) is 1. The van der Waals surface area contributed by atoms with E-state index in [2.05, 4.69) is 4.98 Å². The van der Waals surface area contributed by atoms with Crippen molar-refractivity contribution in [1.82, 2.24) is 4.98 Å². The van der Waals surface area contributed by atoms with E-state index < -0.39 is 40.6 Å². The Morgan fingerprint density at radius 2 is 2.31 bits per heavy atom. The second kappa shape index (κ2) is 4.59. The third kappa shape index (κ3) is 2.09. The summed E-state index contributed by atoms with van der Waals surface area (Å²) in [4.78, 5) is 12.7. The van der Waals surface area contributed by atoms with E-state index in [0.717, 1.165) is 6.07 Å². The standard InChI is InChI=1S/C8H5F2N3O3/c9-7(10)5-1-4(2-11)12-8(13(15)16)6(5)3-14/h1,7,14H,3H2. The van der Waals surface area contributed by atoms with E-state index in [0.29, 0.717) is 0 Å². The van der Waals surface area contributed by atoms with Crippen LogP contribution in [0.4, 0.5) is 14.6 Å². The average Bonchev–Trinajstić information content (AvgIpc) is 2.26. The molecule has 1 aromatic rings. The fourth-order valence-electron chi connectivity index (χ4n) is 1.14. The Labute approximate surface area is 87.9 Å². The molecule has 16 heavy (non-hydrogen) atoms. The lowest BCUT2D eigenvalue weighted by atomic mass is 10.1. The molecule has 8 heteroatoms. The van der Waals surface area contributed by atoms with E-state index in [-0.39, 0.29) is 0 Å². The first-order valence-electron chi connectivity index (χ1n) is 3.98. The summed E-state index contributed by atoms with van der Waals surface area (Å²) in [6, 6.07) is 2.16. The van der Waals surface area contributed by atoms with Crippen LogP contribution in [-0.2, 0) is 6.61 Å². The molecule has 0 atom stereocenters. The highest BCUT2D eigenvalue weighted by Gasteiger charge is 2.26. The van der Waals surface area contributed by atoms with Gasteiger partial charge in [0.15, 0.2) is 0 Å². The van der Waals surface area contributed by atoms with Gasteiger partial charge in [0.2, 0.25) is 0 Å². The molecule has 84 valence electrons. The highest BCUT2D eigenvalue weighted by Crippen LogP contribution is 2.29. The van der Waals surface area contributed by atoms with E-state index in [1.807, 2.05) is 0 Å². The van der Waals surface area contributed by atoms with Crippen LogP contribution >= 0.6 is 0 Å². The van der Waals surface area contributed by atoms with Gasteiger partial charge in [-0.2, -0.15) is 5.26 Å². The Balaban J connectivity index is 3.54. The fraction of sp³-hybridized carbons (Fsp3) is 0.250. The van der Waals surface area contributed by atoms with E-state index in [9.17, 15) is 18.9 Å². The van der Waals surface area contributed by atoms with Crippen LogP contribution in [0.5, 0.6) is 0 Å². The number of aliphatic hydroxyl groups excluding tert-OH is 1. The van der Waals surface area contributed by atoms with Crippen LogP contribution < -0.4 is 0 Å². The van der Waals surface area contributed by atoms with Gasteiger partial charge in [0.05, 0.1) is 12.2 Å². The third-order valence-electron chi connectivity index (χ3n) is 1.82. The van der Waals surface area contributed by atoms with Gasteiger partial charge in [-0.25, -0.2) is 8.78 Å². The van der Waals surface area contributed by atoms with Crippen LogP contribution in [0.25, 0.3) is 0 Å². The predicted molar refractivity (Wildman–Crippen MR) is 46.5 cm³/mol. The lowest BCUT2D eigenvalue weighted by Crippen LogP contribution is -2.05. The summed E-state index contributed by atoms with van der Waals surface area (Å²) in [5, 5.41) is 27.8. The summed E-state index contributed by atoms with van der Waals surface area (Å²) in [5.74, 6) is -0.920. The molecular weight excluding hydrogens is 224 g/mol. The van der Waals surface area contributed by atoms with Gasteiger partial charge in [-0.15, -0.1) is 0 Å². The Bertz CT molecular complexity index is 470. The lowest BCUT2D eigenvalue weighted by Gasteiger charge is -2.05. The molecule has 0 aliphatic carbocycles. The van der Waals surface area contributed by atoms with Crippen LogP contribution in [0, 0.1) is 21.4 Å². The molecule has 0 fully saturated rings. The minimum atomic E-state index is -3.02. The number of aromatic nitrogens is 1. The zero-order valence-electron chi connectivity index (χ0n) is 7.72. The number of nitro groups is 1. The summed E-state index contributed by atoms with van der Waals surface area (Å²) in [6.07, 6.45) is -3.02. The molecule has 1 heterocycles. The minimum absolute atomic E-state index is 0.487. The molecule has 0 aromatic carbocycles. The van der Waals surface area contributed by atoms with Crippen LogP contribution in [0.2, 0.25) is 0 Å². The number of pyridine rings is 1. The Kier molecular flexibility index (Phi) is 3.42. The first kappa shape index (κ1) is 11.9. The SMILES string of the molecule is N#Cc1cc(C(F)F)c(CO)c([N+](=O)[O-])n1. The number of halogens is 2. The quantitative estimate of drug-likeness (QED) is 0.621. The highest BCUT2D eigenvalue weighted by molar-refractivity contribution is 5.44. The van der Waals surface area contributed by atoms with Gasteiger partial charge in [0.25, 0.3) is 12.1 Å². The normalized spacial score (nSPS) is 10.2. The molecule has 1 rings (SSSR count). The molecule has 0 radical (unpaired) electrons. The van der Waals surface area contributed by atoms with Gasteiger partial charge in [-0.3, -0.25) is 0 Å². The molecule has 1 aromatic heterocycles. The van der Waals surface area contributed by atoms with E-state index in [1.54, 1.807) is 0 Å². The fourth-order valence-corrected chi connectivity index (χ4v) is 1.14. The summed E-state index contributed by atoms with van der Waals surface area (Å²) in [7, 11) is 0. The van der Waals surface area contributed by atoms with Crippen molar-refractivity contribution in [2.45, 2.75) is 13.0 Å². The third-order valence-corrected chi connectivity index (χ3v) is 1.82. The van der Waals surface area contributed by atoms with Crippen molar-refractivity contribution in [3.05, 3.63) is 33.0 Å². The number of nitriles is 1. The van der Waals surface area contributed by atoms with Gasteiger partial charge in [0, 0.05) is 11.6 Å². The predicted octanol–water partition coefficient (Wildman–Crippen LogP) is 1.29. The van der Waals surface area contributed by atoms with Crippen LogP contribution in [0.3, 0.4) is 0 Å². The first-order chi connectivity index (χ1) is 7.51. The molecule has 0 amide bonds. The smallest absolute Gasteiger partial charge is 0.370 e. The van der Waals surface area contributed by atoms with Crippen molar-refractivity contribution in [2.75, 3.05) is 0 Å². The highest BCUT2D eigenvalue weighted by atomic mass is 19.3. The van der Waals surface area contributed by atoms with Crippen molar-refractivity contribution in [3.63, 3.8) is 0 Å². The maximum absolute atomic E-state index is 12.5. The van der Waals surface area contributed by atoms with Gasteiger partial charge >= 0.3 is 5.82 Å². The summed E-state index contributed by atoms with van der Waals surface area (Å²) >= 11 is 0. The Hall–Kier alpha value is -2.14. The maximum atomic E-state index is 12.5. The number of nitrogens with zero attached hydrogens (tertiary/aromatic N) is 3. The molecule has 1 N–H and O–H groups in total. The number of alkyl halides is 2. The Morgan fingerprint density at radius 1 is 1.69 bits per heavy atom. The van der Waals surface area contributed by atoms with Gasteiger partial charge in [-0.1, -0.05) is 0 Å². The number of rotatable bonds is 3. The zero-order chi connectivity index (χ0) is 12.3. The second-order valence-electron chi connectivity index (χ2n) is 2.73. The molecule has 0 bridgehead atoms. The lowest BCUT2D eigenvalue weighted by molar-refractivity contribution is -0.390. The number of aliphatic hydroxyl groups is 1. The monoisotopic (exact) mass is 229 g/mol. The summed E-state index contributed by atoms with van der Waals surface area (Å²) < 4.78 is 25.0. The van der Waals surface area contributed by atoms with E-state index in [1.165, 1.54) is 6.07 Å². The second-order valence-corrected chi connectivity index (χ2v) is 2.73. The molecule has 0 saturated carbocycles. The van der Waals surface area contributed by atoms with Crippen LogP contribution in [0.1, 0.15) is 23.2 Å². The zero-order valence-corrected chi connectivity index (χ0v) is 7.72. The van der Waals surface area contributed by atoms with Gasteiger partial charge in [0.1, 0.15) is 6.07 Å². The maximum Gasteiger partial charge on any atom is 0.370 e. The molecular formula is C8H5F2N3O3. The van der Waals surface area contributed by atoms with E-state index >= 15 is 0 Å². The van der Waals surface area contributed by atoms with Crippen molar-refractivity contribution in [1.29, 1.82) is 5.26 Å². The van der Waals surface area contributed by atoms with Crippen molar-refractivity contribution in [3.8, 4) is 6.07 Å². The van der Waals surface area contributed by atoms with Crippen molar-refractivity contribution < 1.29 is 18.8 Å². The van der Waals surface area contributed by atoms with Crippen LogP contribution in [-0.4, -0.2) is 15.0 Å². The van der Waals surface area contributed by atoms with Crippen LogP contribution in [0.15, 0.2) is 6.07 Å². The summed E-state index contributed by atoms with van der Waals surface area (Å²) in [6.45, 7) is -0.936. The summed E-state index contributed by atoms with van der Waals surface area (Å²) in [5.41, 5.74) is -1.81. The van der Waals surface area contributed by atoms with Gasteiger partial charge in [-0.05, 0) is 9.91 Å². The molecule has 0 unspecified atom stereocenters. The molecule has 6 nitrogen and oxygen atoms in total. The topological polar surface area (TPSA) is 100 Å². The van der Waals surface area contributed by atoms with Crippen molar-refractivity contribution in [2.24, 2.45) is 0 Å². The molecule has 0 spiro atoms. The first-order valence-corrected chi connectivity index (χ1v) is 3.98. The van der Waals surface area contributed by atoms with E-state index in [4.69, 9.17) is 10.4 Å². The molecule has 0 aliphatic rings. The molecule has 0 aliphatic heterocycles. The Morgan fingerprint density at radius 3 is 2.69 bits per heavy atom. The largest absolute Gasteiger partial charge is 0.391 e.